The van der Waals surface area contributed by atoms with Gasteiger partial charge in [-0.05, 0) is 50.0 Å². The molecule has 0 radical (unpaired) electrons. The van der Waals surface area contributed by atoms with E-state index in [9.17, 15) is 0 Å². The number of allylic oxidation sites excluding steroid dienone is 3. The molecule has 0 fully saturated rings. The van der Waals surface area contributed by atoms with Gasteiger partial charge in [0.05, 0.1) is 24.7 Å². The molecule has 0 aromatic carbocycles. The van der Waals surface area contributed by atoms with Crippen LogP contribution in [0.2, 0.25) is 0 Å². The van der Waals surface area contributed by atoms with E-state index < -0.39 is 0 Å². The fourth-order valence-electron chi connectivity index (χ4n) is 2.47. The van der Waals surface area contributed by atoms with Crippen molar-refractivity contribution < 1.29 is 9.57 Å². The summed E-state index contributed by atoms with van der Waals surface area (Å²) in [4.78, 5) is 14.7. The van der Waals surface area contributed by atoms with Gasteiger partial charge in [-0.2, -0.15) is 0 Å². The van der Waals surface area contributed by atoms with Crippen LogP contribution in [0.25, 0.3) is 11.6 Å². The minimum Gasteiger partial charge on any atom is -0.495 e. The highest BCUT2D eigenvalue weighted by Gasteiger charge is 2.15. The second kappa shape index (κ2) is 9.06. The minimum atomic E-state index is 0.805. The molecule has 0 spiro atoms. The van der Waals surface area contributed by atoms with Crippen molar-refractivity contribution in [3.8, 4) is 5.75 Å². The van der Waals surface area contributed by atoms with Gasteiger partial charge >= 0.3 is 0 Å². The van der Waals surface area contributed by atoms with Gasteiger partial charge in [0.1, 0.15) is 5.76 Å². The molecular formula is C20H27N3O2. The number of ether oxygens (including phenoxy) is 1. The van der Waals surface area contributed by atoms with Crippen LogP contribution in [0.3, 0.4) is 0 Å². The molecule has 5 heteroatoms. The van der Waals surface area contributed by atoms with Crippen LogP contribution < -0.4 is 10.3 Å². The smallest absolute Gasteiger partial charge is 0.183 e. The third-order valence-corrected chi connectivity index (χ3v) is 4.09. The van der Waals surface area contributed by atoms with Crippen LogP contribution in [0.1, 0.15) is 57.5 Å². The van der Waals surface area contributed by atoms with Gasteiger partial charge < -0.3 is 9.57 Å². The molecular weight excluding hydrogens is 314 g/mol. The number of hydroxylamine groups is 1. The SMILES string of the molecule is CCCc1nc(/C(C)=C/N=CC(OC)=C(C)CC)cc2c1ONC=C2. The first-order valence-corrected chi connectivity index (χ1v) is 8.67. The molecule has 1 aromatic rings. The van der Waals surface area contributed by atoms with E-state index in [4.69, 9.17) is 14.6 Å². The average Bonchev–Trinajstić information content (AvgIpc) is 2.64. The van der Waals surface area contributed by atoms with E-state index in [1.807, 2.05) is 32.2 Å². The van der Waals surface area contributed by atoms with Gasteiger partial charge in [0.2, 0.25) is 0 Å². The van der Waals surface area contributed by atoms with Crippen molar-refractivity contribution in [1.29, 1.82) is 0 Å². The first-order chi connectivity index (χ1) is 12.1. The summed E-state index contributed by atoms with van der Waals surface area (Å²) in [5, 5.41) is 0. The maximum absolute atomic E-state index is 5.54. The van der Waals surface area contributed by atoms with E-state index in [0.717, 1.165) is 53.3 Å². The Bertz CT molecular complexity index is 731. The maximum Gasteiger partial charge on any atom is 0.183 e. The summed E-state index contributed by atoms with van der Waals surface area (Å²) in [5.41, 5.74) is 7.84. The minimum absolute atomic E-state index is 0.805. The van der Waals surface area contributed by atoms with Crippen molar-refractivity contribution in [2.45, 2.75) is 47.0 Å². The number of aryl methyl sites for hydroxylation is 1. The van der Waals surface area contributed by atoms with E-state index in [0.29, 0.717) is 0 Å². The second-order valence-corrected chi connectivity index (χ2v) is 5.97. The Balaban J connectivity index is 2.31. The van der Waals surface area contributed by atoms with Gasteiger partial charge in [-0.3, -0.25) is 4.99 Å². The normalized spacial score (nSPS) is 14.7. The molecule has 0 aliphatic carbocycles. The van der Waals surface area contributed by atoms with Crippen LogP contribution in [0, 0.1) is 0 Å². The summed E-state index contributed by atoms with van der Waals surface area (Å²) in [5.74, 6) is 1.62. The van der Waals surface area contributed by atoms with Crippen LogP contribution in [-0.4, -0.2) is 18.3 Å². The Labute approximate surface area is 150 Å². The number of aromatic nitrogens is 1. The largest absolute Gasteiger partial charge is 0.495 e. The molecule has 0 unspecified atom stereocenters. The van der Waals surface area contributed by atoms with E-state index >= 15 is 0 Å². The van der Waals surface area contributed by atoms with Gasteiger partial charge in [-0.25, -0.2) is 10.5 Å². The summed E-state index contributed by atoms with van der Waals surface area (Å²) < 4.78 is 5.37. The van der Waals surface area contributed by atoms with Gasteiger partial charge in [-0.15, -0.1) is 0 Å². The molecule has 1 aromatic heterocycles. The van der Waals surface area contributed by atoms with Crippen LogP contribution in [0.5, 0.6) is 5.75 Å². The molecule has 0 bridgehead atoms. The Kier molecular flexibility index (Phi) is 6.81. The zero-order chi connectivity index (χ0) is 18.2. The summed E-state index contributed by atoms with van der Waals surface area (Å²) in [6, 6.07) is 2.03. The highest BCUT2D eigenvalue weighted by Crippen LogP contribution is 2.29. The van der Waals surface area contributed by atoms with Crippen LogP contribution >= 0.6 is 0 Å². The molecule has 0 saturated carbocycles. The fourth-order valence-corrected chi connectivity index (χ4v) is 2.47. The van der Waals surface area contributed by atoms with Crippen molar-refractivity contribution in [1.82, 2.24) is 10.5 Å². The van der Waals surface area contributed by atoms with Gasteiger partial charge in [0, 0.05) is 18.0 Å². The quantitative estimate of drug-likeness (QED) is 0.579. The molecule has 0 saturated heterocycles. The maximum atomic E-state index is 5.54. The van der Waals surface area contributed by atoms with Crippen molar-refractivity contribution >= 4 is 17.9 Å². The lowest BCUT2D eigenvalue weighted by molar-refractivity contribution is 0.235. The standard InChI is InChI=1S/C20H27N3O2/c1-6-8-17-20-16(9-10-22-25-20)11-18(23-17)15(4)12-21-13-19(24-5)14(3)7-2/h9-13,22H,6-8H2,1-5H3/b15-12+,19-14?,21-13?. The number of methoxy groups -OCH3 is 1. The molecule has 1 N–H and O–H groups in total. The summed E-state index contributed by atoms with van der Waals surface area (Å²) in [6.45, 7) is 8.29. The first kappa shape index (κ1) is 18.8. The van der Waals surface area contributed by atoms with Crippen molar-refractivity contribution in [3.05, 3.63) is 46.7 Å². The lowest BCUT2D eigenvalue weighted by Crippen LogP contribution is -2.17. The zero-order valence-corrected chi connectivity index (χ0v) is 15.7. The number of aliphatic imine (C=N–C) groups is 1. The summed E-state index contributed by atoms with van der Waals surface area (Å²) >= 11 is 0. The third kappa shape index (κ3) is 4.72. The molecule has 1 aliphatic rings. The molecule has 134 valence electrons. The summed E-state index contributed by atoms with van der Waals surface area (Å²) in [6.07, 6.45) is 10.2. The highest BCUT2D eigenvalue weighted by atomic mass is 16.6. The predicted molar refractivity (Wildman–Crippen MR) is 103 cm³/mol. The van der Waals surface area contributed by atoms with Crippen molar-refractivity contribution in [2.75, 3.05) is 7.11 Å². The number of hydrogen-bond donors (Lipinski definition) is 1. The van der Waals surface area contributed by atoms with Crippen LogP contribution in [-0.2, 0) is 11.2 Å². The topological polar surface area (TPSA) is 55.7 Å². The van der Waals surface area contributed by atoms with Gasteiger partial charge in [-0.1, -0.05) is 20.3 Å². The molecule has 2 heterocycles. The first-order valence-electron chi connectivity index (χ1n) is 8.67. The number of fused-ring (bicyclic) bond motifs is 1. The third-order valence-electron chi connectivity index (χ3n) is 4.09. The molecule has 1 aliphatic heterocycles. The van der Waals surface area contributed by atoms with E-state index in [-0.39, 0.29) is 0 Å². The Morgan fingerprint density at radius 2 is 2.16 bits per heavy atom. The lowest BCUT2D eigenvalue weighted by Gasteiger charge is -2.17. The Morgan fingerprint density at radius 3 is 2.84 bits per heavy atom. The van der Waals surface area contributed by atoms with Crippen LogP contribution in [0.4, 0.5) is 0 Å². The van der Waals surface area contributed by atoms with Crippen molar-refractivity contribution in [2.24, 2.45) is 4.99 Å². The number of rotatable bonds is 7. The lowest BCUT2D eigenvalue weighted by atomic mass is 10.1. The van der Waals surface area contributed by atoms with Crippen molar-refractivity contribution in [3.63, 3.8) is 0 Å². The zero-order valence-electron chi connectivity index (χ0n) is 15.7. The van der Waals surface area contributed by atoms with E-state index in [1.54, 1.807) is 19.5 Å². The molecule has 2 rings (SSSR count). The molecule has 25 heavy (non-hydrogen) atoms. The predicted octanol–water partition coefficient (Wildman–Crippen LogP) is 4.66. The van der Waals surface area contributed by atoms with Crippen LogP contribution in [0.15, 0.2) is 34.8 Å². The highest BCUT2D eigenvalue weighted by molar-refractivity contribution is 5.78. The average molecular weight is 341 g/mol. The van der Waals surface area contributed by atoms with Gasteiger partial charge in [0.15, 0.2) is 5.75 Å². The molecule has 5 nitrogen and oxygen atoms in total. The van der Waals surface area contributed by atoms with Gasteiger partial charge in [0.25, 0.3) is 0 Å². The molecule has 0 amide bonds. The Morgan fingerprint density at radius 1 is 1.36 bits per heavy atom. The number of hydrogen-bond acceptors (Lipinski definition) is 5. The fraction of sp³-hybridized carbons (Fsp3) is 0.400. The summed E-state index contributed by atoms with van der Waals surface area (Å²) in [7, 11) is 1.67. The van der Waals surface area contributed by atoms with E-state index in [2.05, 4.69) is 24.3 Å². The monoisotopic (exact) mass is 341 g/mol. The molecule has 0 atom stereocenters. The number of pyridine rings is 1. The number of nitrogens with one attached hydrogen (secondary N) is 1. The van der Waals surface area contributed by atoms with E-state index in [1.165, 1.54) is 5.57 Å². The second-order valence-electron chi connectivity index (χ2n) is 5.97. The Hall–Kier alpha value is -2.56. The number of nitrogens with zero attached hydrogens (tertiary/aromatic N) is 2.